The third-order valence-corrected chi connectivity index (χ3v) is 1.73. The van der Waals surface area contributed by atoms with E-state index in [-0.39, 0.29) is 37.7 Å². The summed E-state index contributed by atoms with van der Waals surface area (Å²) >= 11 is 0. The van der Waals surface area contributed by atoms with Gasteiger partial charge in [-0.05, 0) is 12.3 Å². The van der Waals surface area contributed by atoms with E-state index >= 15 is 0 Å². The third-order valence-electron chi connectivity index (χ3n) is 0.577. The van der Waals surface area contributed by atoms with Crippen LogP contribution < -0.4 is 9.79 Å². The molecule has 0 aromatic heterocycles. The van der Waals surface area contributed by atoms with Crippen LogP contribution in [0.2, 0.25) is 0 Å². The fourth-order valence-electron chi connectivity index (χ4n) is 0. The maximum Gasteiger partial charge on any atom is 2.00 e. The molecule has 0 saturated heterocycles. The van der Waals surface area contributed by atoms with Crippen LogP contribution >= 0.6 is 16.1 Å². The topological polar surface area (TPSA) is 80.3 Å². The van der Waals surface area contributed by atoms with Crippen LogP contribution in [0, 0.1) is 0 Å². The van der Waals surface area contributed by atoms with Crippen molar-refractivity contribution in [3.63, 3.8) is 0 Å². The van der Waals surface area contributed by atoms with Gasteiger partial charge in [-0.3, -0.25) is 0 Å². The van der Waals surface area contributed by atoms with E-state index in [0.717, 1.165) is 0 Å². The van der Waals surface area contributed by atoms with Crippen LogP contribution in [0.15, 0.2) is 0 Å². The Morgan fingerprint density at radius 1 is 1.00 bits per heavy atom. The van der Waals surface area contributed by atoms with Crippen molar-refractivity contribution in [2.75, 3.05) is 12.3 Å². The Morgan fingerprint density at radius 3 is 1.09 bits per heavy atom. The zero-order valence-corrected chi connectivity index (χ0v) is 11.0. The van der Waals surface area contributed by atoms with Gasteiger partial charge in [-0.2, -0.15) is 0 Å². The maximum absolute atomic E-state index is 9.44. The number of rotatable bonds is 2. The average molecular weight is 226 g/mol. The molecular weight excluding hydrogens is 214 g/mol. The summed E-state index contributed by atoms with van der Waals surface area (Å²) in [5.41, 5.74) is 0. The molecule has 0 N–H and O–H groups in total. The summed E-state index contributed by atoms with van der Waals surface area (Å²) in [5.74, 6) is 0. The number of hydrogen-bond donors (Lipinski definition) is 0. The SMILES string of the molecule is CC[PH](=O)[O-].CC[PH](=O)[O-].[Ca+2]. The Hall–Kier alpha value is 1.64. The molecule has 0 spiro atoms. The van der Waals surface area contributed by atoms with Crippen LogP contribution in [0.1, 0.15) is 13.8 Å². The maximum atomic E-state index is 9.44. The molecule has 7 heteroatoms. The van der Waals surface area contributed by atoms with Gasteiger partial charge in [-0.15, -0.1) is 0 Å². The Morgan fingerprint density at radius 2 is 1.09 bits per heavy atom. The molecule has 0 aliphatic heterocycles. The van der Waals surface area contributed by atoms with E-state index in [9.17, 15) is 18.9 Å². The summed E-state index contributed by atoms with van der Waals surface area (Å²) in [6.07, 6.45) is 0.593. The van der Waals surface area contributed by atoms with Crippen LogP contribution in [0.4, 0.5) is 0 Å². The molecule has 2 unspecified atom stereocenters. The Kier molecular flexibility index (Phi) is 23.8. The Labute approximate surface area is 98.1 Å². The Balaban J connectivity index is -0.000000107. The summed E-state index contributed by atoms with van der Waals surface area (Å²) in [6, 6.07) is 0. The van der Waals surface area contributed by atoms with Gasteiger partial charge in [-0.25, -0.2) is 0 Å². The predicted molar refractivity (Wildman–Crippen MR) is 44.8 cm³/mol. The van der Waals surface area contributed by atoms with Gasteiger partial charge in [0.25, 0.3) is 0 Å². The molecule has 0 aromatic carbocycles. The largest absolute Gasteiger partial charge is 2.00 e. The van der Waals surface area contributed by atoms with E-state index in [1.54, 1.807) is 13.8 Å². The molecule has 64 valence electrons. The first-order valence-electron chi connectivity index (χ1n) is 2.94. The van der Waals surface area contributed by atoms with E-state index < -0.39 is 16.1 Å². The van der Waals surface area contributed by atoms with Crippen molar-refractivity contribution >= 4 is 53.8 Å². The molecule has 0 bridgehead atoms. The zero-order chi connectivity index (χ0) is 8.57. The molecule has 4 nitrogen and oxygen atoms in total. The minimum Gasteiger partial charge on any atom is -0.802 e. The molecule has 0 radical (unpaired) electrons. The summed E-state index contributed by atoms with van der Waals surface area (Å²) in [4.78, 5) is 18.9. The van der Waals surface area contributed by atoms with Crippen molar-refractivity contribution in [1.82, 2.24) is 0 Å². The first-order valence-corrected chi connectivity index (χ1v) is 5.99. The predicted octanol–water partition coefficient (Wildman–Crippen LogP) is -0.698. The van der Waals surface area contributed by atoms with E-state index in [2.05, 4.69) is 0 Å². The molecule has 0 aliphatic carbocycles. The van der Waals surface area contributed by atoms with E-state index in [0.29, 0.717) is 12.3 Å². The first kappa shape index (κ1) is 18.4. The second kappa shape index (κ2) is 14.2. The van der Waals surface area contributed by atoms with Crippen molar-refractivity contribution in [3.05, 3.63) is 0 Å². The van der Waals surface area contributed by atoms with Crippen LogP contribution in [0.25, 0.3) is 0 Å². The summed E-state index contributed by atoms with van der Waals surface area (Å²) in [7, 11) is -4.75. The van der Waals surface area contributed by atoms with Crippen LogP contribution in [0.5, 0.6) is 0 Å². The molecule has 0 fully saturated rings. The zero-order valence-electron chi connectivity index (χ0n) is 6.75. The van der Waals surface area contributed by atoms with Crippen LogP contribution in [-0.4, -0.2) is 50.1 Å². The van der Waals surface area contributed by atoms with Crippen molar-refractivity contribution in [3.8, 4) is 0 Å². The quantitative estimate of drug-likeness (QED) is 0.460. The monoisotopic (exact) mass is 226 g/mol. The van der Waals surface area contributed by atoms with E-state index in [1.807, 2.05) is 0 Å². The standard InChI is InChI=1S/2C2H7O2P.Ca/c2*1-2-5(3)4;/h2*5H,2H2,1H3,(H,3,4);/q;;+2/p-2. The minimum atomic E-state index is -2.37. The summed E-state index contributed by atoms with van der Waals surface area (Å²) in [5, 5.41) is 0. The minimum absolute atomic E-state index is 0. The molecule has 0 rings (SSSR count). The second-order valence-electron chi connectivity index (χ2n) is 1.45. The van der Waals surface area contributed by atoms with Gasteiger partial charge in [-0.1, -0.05) is 13.8 Å². The fraction of sp³-hybridized carbons (Fsp3) is 1.00. The normalized spacial score (nSPS) is 13.5. The van der Waals surface area contributed by atoms with Crippen molar-refractivity contribution < 1.29 is 18.9 Å². The Bertz CT molecular complexity index is 105. The van der Waals surface area contributed by atoms with Crippen LogP contribution in [0.3, 0.4) is 0 Å². The first-order chi connectivity index (χ1) is 4.54. The summed E-state index contributed by atoms with van der Waals surface area (Å²) in [6.45, 7) is 3.24. The van der Waals surface area contributed by atoms with Gasteiger partial charge in [0.05, 0.1) is 0 Å². The van der Waals surface area contributed by atoms with Crippen molar-refractivity contribution in [1.29, 1.82) is 0 Å². The number of hydrogen-bond acceptors (Lipinski definition) is 4. The van der Waals surface area contributed by atoms with Gasteiger partial charge >= 0.3 is 37.7 Å². The molecule has 2 atom stereocenters. The van der Waals surface area contributed by atoms with Gasteiger partial charge in [0, 0.05) is 16.1 Å². The van der Waals surface area contributed by atoms with Gasteiger partial charge in [0.2, 0.25) is 0 Å². The average Bonchev–Trinajstić information content (AvgIpc) is 1.89. The van der Waals surface area contributed by atoms with Gasteiger partial charge in [0.15, 0.2) is 0 Å². The third kappa shape index (κ3) is 34.0. The smallest absolute Gasteiger partial charge is 0.802 e. The molecule has 0 aliphatic rings. The molecular formula is C4H12CaO4P2. The second-order valence-corrected chi connectivity index (χ2v) is 4.35. The molecule has 11 heavy (non-hydrogen) atoms. The van der Waals surface area contributed by atoms with Crippen molar-refractivity contribution in [2.45, 2.75) is 13.8 Å². The fourth-order valence-corrected chi connectivity index (χ4v) is 0. The van der Waals surface area contributed by atoms with Crippen LogP contribution in [-0.2, 0) is 9.13 Å². The molecule has 0 heterocycles. The molecule has 0 aromatic rings. The van der Waals surface area contributed by atoms with Gasteiger partial charge < -0.3 is 18.9 Å². The summed E-state index contributed by atoms with van der Waals surface area (Å²) < 4.78 is 18.9. The van der Waals surface area contributed by atoms with Gasteiger partial charge in [0.1, 0.15) is 0 Å². The van der Waals surface area contributed by atoms with E-state index in [4.69, 9.17) is 0 Å². The van der Waals surface area contributed by atoms with Crippen molar-refractivity contribution in [2.24, 2.45) is 0 Å². The van der Waals surface area contributed by atoms with E-state index in [1.165, 1.54) is 0 Å². The molecule has 0 saturated carbocycles. The molecule has 0 amide bonds.